The molecule has 0 amide bonds. The van der Waals surface area contributed by atoms with E-state index in [0.29, 0.717) is 0 Å². The Kier molecular flexibility index (Phi) is 4.36. The lowest BCUT2D eigenvalue weighted by Crippen LogP contribution is -2.29. The summed E-state index contributed by atoms with van der Waals surface area (Å²) in [5.74, 6) is -1.91. The largest absolute Gasteiger partial charge is 0.480 e. The fraction of sp³-hybridized carbons (Fsp3) is 0.182. The summed E-state index contributed by atoms with van der Waals surface area (Å²) in [6, 6.07) is 2.94. The van der Waals surface area contributed by atoms with E-state index in [2.05, 4.69) is 6.58 Å². The second-order valence-electron chi connectivity index (χ2n) is 3.49. The topological polar surface area (TPSA) is 83.7 Å². The monoisotopic (exact) mass is 254 g/mol. The Balaban J connectivity index is 3.14. The molecule has 0 saturated carbocycles. The highest BCUT2D eigenvalue weighted by molar-refractivity contribution is 5.74. The first kappa shape index (κ1) is 13.6. The van der Waals surface area contributed by atoms with E-state index in [0.717, 1.165) is 18.2 Å². The molecule has 1 aromatic carbocycles. The number of carboxylic acids is 1. The molecular weight excluding hydrogens is 243 g/mol. The second kappa shape index (κ2) is 5.76. The van der Waals surface area contributed by atoms with Crippen molar-refractivity contribution >= 4 is 17.3 Å². The Morgan fingerprint density at radius 3 is 2.72 bits per heavy atom. The van der Waals surface area contributed by atoms with E-state index in [9.17, 15) is 19.3 Å². The molecule has 0 aliphatic carbocycles. The Morgan fingerprint density at radius 2 is 2.22 bits per heavy atom. The van der Waals surface area contributed by atoms with E-state index in [1.54, 1.807) is 0 Å². The molecule has 1 aromatic rings. The maximum absolute atomic E-state index is 13.2. The number of non-ortho nitro benzene ring substituents is 1. The van der Waals surface area contributed by atoms with Crippen LogP contribution in [-0.2, 0) is 4.79 Å². The van der Waals surface area contributed by atoms with Crippen molar-refractivity contribution in [3.8, 4) is 0 Å². The van der Waals surface area contributed by atoms with Crippen LogP contribution in [0.4, 0.5) is 15.8 Å². The Labute approximate surface area is 102 Å². The maximum atomic E-state index is 13.2. The van der Waals surface area contributed by atoms with Crippen molar-refractivity contribution in [1.82, 2.24) is 0 Å². The molecule has 0 radical (unpaired) electrons. The number of nitrogens with zero attached hydrogens (tertiary/aromatic N) is 2. The molecular formula is C11H11FN2O4. The van der Waals surface area contributed by atoms with Gasteiger partial charge in [0.25, 0.3) is 5.69 Å². The van der Waals surface area contributed by atoms with Gasteiger partial charge in [0.1, 0.15) is 12.4 Å². The predicted octanol–water partition coefficient (Wildman–Crippen LogP) is 1.81. The number of nitro groups is 1. The van der Waals surface area contributed by atoms with Crippen LogP contribution in [0.3, 0.4) is 0 Å². The van der Waals surface area contributed by atoms with E-state index in [1.165, 1.54) is 11.0 Å². The minimum Gasteiger partial charge on any atom is -0.480 e. The number of carbonyl (C=O) groups is 1. The van der Waals surface area contributed by atoms with Crippen LogP contribution in [0.5, 0.6) is 0 Å². The molecule has 1 N–H and O–H groups in total. The van der Waals surface area contributed by atoms with Crippen LogP contribution in [0.1, 0.15) is 0 Å². The van der Waals surface area contributed by atoms with Crippen molar-refractivity contribution in [2.24, 2.45) is 0 Å². The van der Waals surface area contributed by atoms with Gasteiger partial charge in [0.05, 0.1) is 11.0 Å². The zero-order chi connectivity index (χ0) is 13.7. The molecule has 0 fully saturated rings. The highest BCUT2D eigenvalue weighted by Crippen LogP contribution is 2.23. The lowest BCUT2D eigenvalue weighted by molar-refractivity contribution is -0.385. The van der Waals surface area contributed by atoms with Crippen molar-refractivity contribution < 1.29 is 19.2 Å². The molecule has 7 heteroatoms. The SMILES string of the molecule is C=CCN(CC(=O)O)c1cc(F)cc([N+](=O)[O-])c1. The number of rotatable bonds is 6. The summed E-state index contributed by atoms with van der Waals surface area (Å²) in [5, 5.41) is 19.3. The molecule has 18 heavy (non-hydrogen) atoms. The fourth-order valence-electron chi connectivity index (χ4n) is 1.43. The van der Waals surface area contributed by atoms with Gasteiger partial charge in [-0.15, -0.1) is 6.58 Å². The van der Waals surface area contributed by atoms with Gasteiger partial charge in [-0.05, 0) is 6.07 Å². The molecule has 0 aromatic heterocycles. The number of hydrogen-bond acceptors (Lipinski definition) is 4. The molecule has 0 aliphatic heterocycles. The number of hydrogen-bond donors (Lipinski definition) is 1. The number of nitro benzene ring substituents is 1. The third-order valence-electron chi connectivity index (χ3n) is 2.12. The molecule has 96 valence electrons. The molecule has 0 aliphatic rings. The third-order valence-corrected chi connectivity index (χ3v) is 2.12. The van der Waals surface area contributed by atoms with E-state index in [4.69, 9.17) is 5.11 Å². The smallest absolute Gasteiger partial charge is 0.323 e. The van der Waals surface area contributed by atoms with Crippen molar-refractivity contribution in [3.63, 3.8) is 0 Å². The van der Waals surface area contributed by atoms with Crippen LogP contribution in [0.2, 0.25) is 0 Å². The van der Waals surface area contributed by atoms with Gasteiger partial charge in [0, 0.05) is 18.3 Å². The molecule has 0 atom stereocenters. The summed E-state index contributed by atoms with van der Waals surface area (Å²) in [7, 11) is 0. The van der Waals surface area contributed by atoms with E-state index >= 15 is 0 Å². The number of benzene rings is 1. The maximum Gasteiger partial charge on any atom is 0.323 e. The number of aliphatic carboxylic acids is 1. The van der Waals surface area contributed by atoms with Crippen molar-refractivity contribution in [1.29, 1.82) is 0 Å². The standard InChI is InChI=1S/C11H11FN2O4/c1-2-3-13(7-11(15)16)9-4-8(12)5-10(6-9)14(17)18/h2,4-6H,1,3,7H2,(H,15,16). The lowest BCUT2D eigenvalue weighted by Gasteiger charge is -2.20. The van der Waals surface area contributed by atoms with E-state index in [1.807, 2.05) is 0 Å². The van der Waals surface area contributed by atoms with Crippen molar-refractivity contribution in [2.45, 2.75) is 0 Å². The van der Waals surface area contributed by atoms with Gasteiger partial charge in [-0.1, -0.05) is 6.08 Å². The van der Waals surface area contributed by atoms with E-state index in [-0.39, 0.29) is 12.2 Å². The highest BCUT2D eigenvalue weighted by Gasteiger charge is 2.15. The summed E-state index contributed by atoms with van der Waals surface area (Å²) in [5.41, 5.74) is -0.298. The average Bonchev–Trinajstić information content (AvgIpc) is 2.27. The van der Waals surface area contributed by atoms with Gasteiger partial charge < -0.3 is 10.0 Å². The van der Waals surface area contributed by atoms with Gasteiger partial charge in [0.2, 0.25) is 0 Å². The normalized spacial score (nSPS) is 9.83. The molecule has 0 spiro atoms. The van der Waals surface area contributed by atoms with Crippen LogP contribution >= 0.6 is 0 Å². The van der Waals surface area contributed by atoms with Crippen LogP contribution in [0.15, 0.2) is 30.9 Å². The van der Waals surface area contributed by atoms with Crippen LogP contribution in [0.25, 0.3) is 0 Å². The Bertz CT molecular complexity index is 490. The first-order chi connectivity index (χ1) is 8.43. The average molecular weight is 254 g/mol. The molecule has 0 bridgehead atoms. The third kappa shape index (κ3) is 3.55. The van der Waals surface area contributed by atoms with Crippen LogP contribution in [0, 0.1) is 15.9 Å². The zero-order valence-electron chi connectivity index (χ0n) is 9.38. The Morgan fingerprint density at radius 1 is 1.56 bits per heavy atom. The first-order valence-corrected chi connectivity index (χ1v) is 4.96. The van der Waals surface area contributed by atoms with E-state index < -0.39 is 28.9 Å². The van der Waals surface area contributed by atoms with Crippen LogP contribution in [-0.4, -0.2) is 29.1 Å². The summed E-state index contributed by atoms with van der Waals surface area (Å²) >= 11 is 0. The van der Waals surface area contributed by atoms with Crippen molar-refractivity contribution in [2.75, 3.05) is 18.0 Å². The zero-order valence-corrected chi connectivity index (χ0v) is 9.38. The fourth-order valence-corrected chi connectivity index (χ4v) is 1.43. The van der Waals surface area contributed by atoms with Crippen LogP contribution < -0.4 is 4.90 Å². The summed E-state index contributed by atoms with van der Waals surface area (Å²) < 4.78 is 13.2. The molecule has 1 rings (SSSR count). The van der Waals surface area contributed by atoms with Gasteiger partial charge >= 0.3 is 5.97 Å². The highest BCUT2D eigenvalue weighted by atomic mass is 19.1. The minimum atomic E-state index is -1.12. The predicted molar refractivity (Wildman–Crippen MR) is 63.1 cm³/mol. The molecule has 6 nitrogen and oxygen atoms in total. The first-order valence-electron chi connectivity index (χ1n) is 4.96. The lowest BCUT2D eigenvalue weighted by atomic mass is 10.2. The number of halogens is 1. The summed E-state index contributed by atoms with van der Waals surface area (Å²) in [4.78, 5) is 21.8. The molecule has 0 unspecified atom stereocenters. The van der Waals surface area contributed by atoms with Gasteiger partial charge in [-0.3, -0.25) is 14.9 Å². The number of anilines is 1. The molecule has 0 heterocycles. The molecule has 0 saturated heterocycles. The summed E-state index contributed by atoms with van der Waals surface area (Å²) in [6.07, 6.45) is 1.43. The van der Waals surface area contributed by atoms with Crippen molar-refractivity contribution in [3.05, 3.63) is 46.8 Å². The van der Waals surface area contributed by atoms with Gasteiger partial charge in [-0.2, -0.15) is 0 Å². The quantitative estimate of drug-likeness (QED) is 0.475. The second-order valence-corrected chi connectivity index (χ2v) is 3.49. The van der Waals surface area contributed by atoms with Gasteiger partial charge in [-0.25, -0.2) is 4.39 Å². The Hall–Kier alpha value is -2.44. The minimum absolute atomic E-state index is 0.129. The number of carboxylic acid groups (broad SMARTS) is 1. The summed E-state index contributed by atoms with van der Waals surface area (Å²) in [6.45, 7) is 3.20. The van der Waals surface area contributed by atoms with Gasteiger partial charge in [0.15, 0.2) is 0 Å².